The lowest BCUT2D eigenvalue weighted by molar-refractivity contribution is 0.139. The van der Waals surface area contributed by atoms with Gasteiger partial charge in [0.05, 0.1) is 0 Å². The maximum atomic E-state index is 3.41. The van der Waals surface area contributed by atoms with Gasteiger partial charge in [0.2, 0.25) is 0 Å². The smallest absolute Gasteiger partial charge is 0.0234 e. The van der Waals surface area contributed by atoms with Crippen molar-refractivity contribution >= 4 is 0 Å². The Morgan fingerprint density at radius 3 is 2.60 bits per heavy atom. The van der Waals surface area contributed by atoms with Gasteiger partial charge >= 0.3 is 0 Å². The van der Waals surface area contributed by atoms with Gasteiger partial charge in [0, 0.05) is 38.6 Å². The van der Waals surface area contributed by atoms with Crippen molar-refractivity contribution in [1.82, 2.24) is 10.2 Å². The van der Waals surface area contributed by atoms with Gasteiger partial charge in [-0.05, 0) is 22.3 Å². The van der Waals surface area contributed by atoms with Gasteiger partial charge in [0.25, 0.3) is 0 Å². The second kappa shape index (κ2) is 5.04. The molecule has 0 unspecified atom stereocenters. The van der Waals surface area contributed by atoms with Crippen LogP contribution in [0.5, 0.6) is 0 Å². The molecular weight excluding hydrogens is 244 g/mol. The number of rotatable bonds is 3. The summed E-state index contributed by atoms with van der Waals surface area (Å²) >= 11 is 0. The molecule has 2 heterocycles. The van der Waals surface area contributed by atoms with Crippen LogP contribution in [-0.2, 0) is 19.6 Å². The largest absolute Gasteiger partial charge is 0.309 e. The molecular formula is C18H20N2. The zero-order valence-corrected chi connectivity index (χ0v) is 11.7. The summed E-state index contributed by atoms with van der Waals surface area (Å²) in [7, 11) is 0. The normalized spacial score (nSPS) is 18.8. The van der Waals surface area contributed by atoms with Crippen LogP contribution in [0.25, 0.3) is 0 Å². The van der Waals surface area contributed by atoms with Crippen molar-refractivity contribution in [2.24, 2.45) is 0 Å². The molecule has 1 N–H and O–H groups in total. The molecule has 0 bridgehead atoms. The fourth-order valence-electron chi connectivity index (χ4n) is 3.34. The predicted octanol–water partition coefficient (Wildman–Crippen LogP) is 2.89. The van der Waals surface area contributed by atoms with E-state index in [-0.39, 0.29) is 0 Å². The molecule has 0 saturated carbocycles. The van der Waals surface area contributed by atoms with Gasteiger partial charge in [-0.1, -0.05) is 48.5 Å². The van der Waals surface area contributed by atoms with E-state index in [1.54, 1.807) is 0 Å². The number of nitrogens with zero attached hydrogens (tertiary/aromatic N) is 1. The van der Waals surface area contributed by atoms with Gasteiger partial charge in [0.1, 0.15) is 0 Å². The van der Waals surface area contributed by atoms with Gasteiger partial charge in [0.15, 0.2) is 0 Å². The van der Waals surface area contributed by atoms with Crippen molar-refractivity contribution < 1.29 is 0 Å². The van der Waals surface area contributed by atoms with E-state index in [0.717, 1.165) is 25.6 Å². The first kappa shape index (κ1) is 12.1. The highest BCUT2D eigenvalue weighted by Crippen LogP contribution is 2.28. The molecule has 20 heavy (non-hydrogen) atoms. The molecule has 2 aromatic carbocycles. The van der Waals surface area contributed by atoms with E-state index in [4.69, 9.17) is 0 Å². The molecule has 0 radical (unpaired) electrons. The Morgan fingerprint density at radius 2 is 1.75 bits per heavy atom. The maximum Gasteiger partial charge on any atom is 0.0234 e. The lowest BCUT2D eigenvalue weighted by Crippen LogP contribution is -2.44. The molecule has 2 aliphatic rings. The Balaban J connectivity index is 1.38. The van der Waals surface area contributed by atoms with E-state index in [0.29, 0.717) is 0 Å². The number of hydrogen-bond acceptors (Lipinski definition) is 2. The molecule has 4 rings (SSSR count). The Hall–Kier alpha value is -1.64. The van der Waals surface area contributed by atoms with E-state index in [1.807, 2.05) is 0 Å². The average Bonchev–Trinajstić information content (AvgIpc) is 2.91. The molecule has 0 aliphatic carbocycles. The van der Waals surface area contributed by atoms with Crippen molar-refractivity contribution in [1.29, 1.82) is 0 Å². The molecule has 0 atom stereocenters. The standard InChI is InChI=1S/C18H20N2/c1-2-4-15(5-3-1)18-12-20(13-18)11-14-6-7-16-9-19-10-17(16)8-14/h1-8,18-19H,9-13H2. The molecule has 2 nitrogen and oxygen atoms in total. The van der Waals surface area contributed by atoms with Crippen molar-refractivity contribution in [2.45, 2.75) is 25.6 Å². The minimum absolute atomic E-state index is 0.729. The first-order valence-electron chi connectivity index (χ1n) is 7.47. The van der Waals surface area contributed by atoms with E-state index in [1.165, 1.54) is 35.3 Å². The highest BCUT2D eigenvalue weighted by atomic mass is 15.2. The zero-order chi connectivity index (χ0) is 13.4. The Kier molecular flexibility index (Phi) is 3.06. The highest BCUT2D eigenvalue weighted by molar-refractivity contribution is 5.34. The van der Waals surface area contributed by atoms with Crippen molar-refractivity contribution in [2.75, 3.05) is 13.1 Å². The lowest BCUT2D eigenvalue weighted by atomic mass is 9.91. The summed E-state index contributed by atoms with van der Waals surface area (Å²) in [6.45, 7) is 5.56. The van der Waals surface area contributed by atoms with Crippen molar-refractivity contribution in [3.63, 3.8) is 0 Å². The molecule has 102 valence electrons. The molecule has 1 saturated heterocycles. The van der Waals surface area contributed by atoms with Crippen LogP contribution in [-0.4, -0.2) is 18.0 Å². The zero-order valence-electron chi connectivity index (χ0n) is 11.7. The number of hydrogen-bond donors (Lipinski definition) is 1. The Bertz CT molecular complexity index is 600. The third-order valence-electron chi connectivity index (χ3n) is 4.54. The van der Waals surface area contributed by atoms with Gasteiger partial charge in [-0.3, -0.25) is 4.90 Å². The summed E-state index contributed by atoms with van der Waals surface area (Å²) < 4.78 is 0. The minimum atomic E-state index is 0.729. The molecule has 2 aromatic rings. The fraction of sp³-hybridized carbons (Fsp3) is 0.333. The van der Waals surface area contributed by atoms with Crippen molar-refractivity contribution in [3.8, 4) is 0 Å². The summed E-state index contributed by atoms with van der Waals surface area (Å²) in [5.74, 6) is 0.729. The maximum absolute atomic E-state index is 3.41. The van der Waals surface area contributed by atoms with Gasteiger partial charge < -0.3 is 5.32 Å². The first-order chi connectivity index (χ1) is 9.88. The highest BCUT2D eigenvalue weighted by Gasteiger charge is 2.27. The molecule has 0 aromatic heterocycles. The second-order valence-corrected chi connectivity index (χ2v) is 6.01. The lowest BCUT2D eigenvalue weighted by Gasteiger charge is -2.39. The third-order valence-corrected chi connectivity index (χ3v) is 4.54. The Labute approximate surface area is 120 Å². The van der Waals surface area contributed by atoms with Crippen LogP contribution in [0, 0.1) is 0 Å². The van der Waals surface area contributed by atoms with Crippen LogP contribution in [0.4, 0.5) is 0 Å². The van der Waals surface area contributed by atoms with Crippen LogP contribution in [0.1, 0.15) is 28.2 Å². The third kappa shape index (κ3) is 2.26. The van der Waals surface area contributed by atoms with Crippen LogP contribution in [0.3, 0.4) is 0 Å². The van der Waals surface area contributed by atoms with E-state index < -0.39 is 0 Å². The number of nitrogens with one attached hydrogen (secondary N) is 1. The van der Waals surface area contributed by atoms with Gasteiger partial charge in [-0.15, -0.1) is 0 Å². The monoisotopic (exact) mass is 264 g/mol. The number of benzene rings is 2. The second-order valence-electron chi connectivity index (χ2n) is 6.01. The van der Waals surface area contributed by atoms with E-state index in [9.17, 15) is 0 Å². The molecule has 2 aliphatic heterocycles. The van der Waals surface area contributed by atoms with Crippen LogP contribution in [0.15, 0.2) is 48.5 Å². The van der Waals surface area contributed by atoms with Crippen LogP contribution < -0.4 is 5.32 Å². The molecule has 0 amide bonds. The van der Waals surface area contributed by atoms with Crippen molar-refractivity contribution in [3.05, 3.63) is 70.8 Å². The first-order valence-corrected chi connectivity index (χ1v) is 7.47. The summed E-state index contributed by atoms with van der Waals surface area (Å²) in [6.07, 6.45) is 0. The number of fused-ring (bicyclic) bond motifs is 1. The SMILES string of the molecule is c1ccc(C2CN(Cc3ccc4c(c3)CNC4)C2)cc1. The van der Waals surface area contributed by atoms with Gasteiger partial charge in [-0.2, -0.15) is 0 Å². The summed E-state index contributed by atoms with van der Waals surface area (Å²) in [5.41, 5.74) is 5.91. The summed E-state index contributed by atoms with van der Waals surface area (Å²) in [6, 6.07) is 17.9. The molecule has 0 spiro atoms. The molecule has 1 fully saturated rings. The minimum Gasteiger partial charge on any atom is -0.309 e. The Morgan fingerprint density at radius 1 is 0.950 bits per heavy atom. The van der Waals surface area contributed by atoms with Crippen LogP contribution >= 0.6 is 0 Å². The molecule has 2 heteroatoms. The predicted molar refractivity (Wildman–Crippen MR) is 81.4 cm³/mol. The summed E-state index contributed by atoms with van der Waals surface area (Å²) in [4.78, 5) is 2.54. The van der Waals surface area contributed by atoms with Crippen LogP contribution in [0.2, 0.25) is 0 Å². The number of likely N-dealkylation sites (tertiary alicyclic amines) is 1. The van der Waals surface area contributed by atoms with E-state index in [2.05, 4.69) is 58.7 Å². The summed E-state index contributed by atoms with van der Waals surface area (Å²) in [5, 5.41) is 3.41. The topological polar surface area (TPSA) is 15.3 Å². The fourth-order valence-corrected chi connectivity index (χ4v) is 3.34. The quantitative estimate of drug-likeness (QED) is 0.917. The van der Waals surface area contributed by atoms with E-state index >= 15 is 0 Å². The average molecular weight is 264 g/mol. The van der Waals surface area contributed by atoms with Gasteiger partial charge in [-0.25, -0.2) is 0 Å².